The number of aromatic nitrogens is 2. The number of pyridine rings is 1. The van der Waals surface area contributed by atoms with E-state index in [0.717, 1.165) is 12.3 Å². The number of H-pyrrole nitrogens is 1. The number of hydrogen-bond donors (Lipinski definition) is 3. The lowest BCUT2D eigenvalue weighted by atomic mass is 10.3. The second kappa shape index (κ2) is 5.14. The summed E-state index contributed by atoms with van der Waals surface area (Å²) in [6.07, 6.45) is 1.10. The number of carboxylic acids is 1. The summed E-state index contributed by atoms with van der Waals surface area (Å²) in [6.45, 7) is 1.60. The van der Waals surface area contributed by atoms with Gasteiger partial charge in [-0.3, -0.25) is 4.72 Å². The first kappa shape index (κ1) is 14.4. The Labute approximate surface area is 119 Å². The molecule has 0 atom stereocenters. The van der Waals surface area contributed by atoms with Crippen LogP contribution in [0.5, 0.6) is 0 Å². The largest absolute Gasteiger partial charge is 0.477 e. The Bertz CT molecular complexity index is 770. The van der Waals surface area contributed by atoms with E-state index >= 15 is 0 Å². The topological polar surface area (TPSA) is 112 Å². The van der Waals surface area contributed by atoms with Gasteiger partial charge in [0, 0.05) is 6.20 Å². The molecule has 0 radical (unpaired) electrons. The van der Waals surface area contributed by atoms with Crippen molar-refractivity contribution in [3.8, 4) is 0 Å². The predicted octanol–water partition coefficient (Wildman–Crippen LogP) is 1.87. The lowest BCUT2D eigenvalue weighted by Crippen LogP contribution is -2.13. The summed E-state index contributed by atoms with van der Waals surface area (Å²) in [6, 6.07) is 3.96. The van der Waals surface area contributed by atoms with Crippen molar-refractivity contribution in [1.29, 1.82) is 0 Å². The van der Waals surface area contributed by atoms with Gasteiger partial charge in [0.1, 0.15) is 15.7 Å². The van der Waals surface area contributed by atoms with E-state index in [-0.39, 0.29) is 21.4 Å². The standard InChI is InChI=1S/C11H10ClN3O4S/c1-6-8(2-3-10(12)14-6)15-20(18,19)7-4-9(11(16)17)13-5-7/h2-5,13,15H,1H3,(H,16,17). The zero-order valence-corrected chi connectivity index (χ0v) is 11.8. The van der Waals surface area contributed by atoms with Crippen molar-refractivity contribution in [2.75, 3.05) is 4.72 Å². The lowest BCUT2D eigenvalue weighted by Gasteiger charge is -2.08. The molecule has 2 heterocycles. The summed E-state index contributed by atoms with van der Waals surface area (Å²) < 4.78 is 26.5. The van der Waals surface area contributed by atoms with Crippen molar-refractivity contribution in [3.05, 3.63) is 40.9 Å². The van der Waals surface area contributed by atoms with Gasteiger partial charge in [0.15, 0.2) is 0 Å². The maximum absolute atomic E-state index is 12.1. The fraction of sp³-hybridized carbons (Fsp3) is 0.0909. The van der Waals surface area contributed by atoms with E-state index in [1.54, 1.807) is 6.92 Å². The number of carbonyl (C=O) groups is 1. The maximum atomic E-state index is 12.1. The highest BCUT2D eigenvalue weighted by Crippen LogP contribution is 2.20. The number of anilines is 1. The average Bonchev–Trinajstić information content (AvgIpc) is 2.83. The molecule has 20 heavy (non-hydrogen) atoms. The first-order valence-electron chi connectivity index (χ1n) is 5.37. The maximum Gasteiger partial charge on any atom is 0.352 e. The van der Waals surface area contributed by atoms with Crippen LogP contribution in [0, 0.1) is 6.92 Å². The van der Waals surface area contributed by atoms with Crippen LogP contribution < -0.4 is 4.72 Å². The Hall–Kier alpha value is -2.06. The Kier molecular flexibility index (Phi) is 3.69. The van der Waals surface area contributed by atoms with E-state index < -0.39 is 16.0 Å². The first-order valence-corrected chi connectivity index (χ1v) is 7.23. The van der Waals surface area contributed by atoms with E-state index in [1.807, 2.05) is 0 Å². The van der Waals surface area contributed by atoms with Gasteiger partial charge in [0.25, 0.3) is 10.0 Å². The number of aryl methyl sites for hydroxylation is 1. The van der Waals surface area contributed by atoms with Crippen LogP contribution in [0.1, 0.15) is 16.2 Å². The minimum Gasteiger partial charge on any atom is -0.477 e. The molecule has 2 aromatic rings. The van der Waals surface area contributed by atoms with E-state index in [0.29, 0.717) is 5.69 Å². The predicted molar refractivity (Wildman–Crippen MR) is 72.5 cm³/mol. The Morgan fingerprint density at radius 2 is 2.15 bits per heavy atom. The third-order valence-corrected chi connectivity index (χ3v) is 4.05. The van der Waals surface area contributed by atoms with Crippen molar-refractivity contribution in [2.24, 2.45) is 0 Å². The molecule has 0 aromatic carbocycles. The molecule has 0 saturated heterocycles. The molecule has 9 heteroatoms. The molecular formula is C11H10ClN3O4S. The molecule has 0 spiro atoms. The van der Waals surface area contributed by atoms with Crippen LogP contribution >= 0.6 is 11.6 Å². The number of aromatic amines is 1. The van der Waals surface area contributed by atoms with Gasteiger partial charge >= 0.3 is 5.97 Å². The zero-order chi connectivity index (χ0) is 14.9. The molecule has 0 fully saturated rings. The van der Waals surface area contributed by atoms with Crippen molar-refractivity contribution < 1.29 is 18.3 Å². The van der Waals surface area contributed by atoms with Gasteiger partial charge in [-0.25, -0.2) is 18.2 Å². The van der Waals surface area contributed by atoms with Crippen LogP contribution in [0.4, 0.5) is 5.69 Å². The molecule has 0 saturated carbocycles. The molecule has 7 nitrogen and oxygen atoms in total. The van der Waals surface area contributed by atoms with Gasteiger partial charge in [0.05, 0.1) is 11.4 Å². The lowest BCUT2D eigenvalue weighted by molar-refractivity contribution is 0.0691. The molecule has 2 rings (SSSR count). The normalized spacial score (nSPS) is 11.3. The van der Waals surface area contributed by atoms with Gasteiger partial charge in [-0.2, -0.15) is 0 Å². The molecule has 0 aliphatic rings. The Morgan fingerprint density at radius 3 is 2.70 bits per heavy atom. The second-order valence-electron chi connectivity index (χ2n) is 3.93. The van der Waals surface area contributed by atoms with Crippen molar-refractivity contribution in [2.45, 2.75) is 11.8 Å². The van der Waals surface area contributed by atoms with Gasteiger partial charge in [-0.05, 0) is 25.1 Å². The zero-order valence-electron chi connectivity index (χ0n) is 10.2. The van der Waals surface area contributed by atoms with Crippen LogP contribution in [0.3, 0.4) is 0 Å². The second-order valence-corrected chi connectivity index (χ2v) is 6.00. The summed E-state index contributed by atoms with van der Waals surface area (Å²) in [5.74, 6) is -1.24. The number of sulfonamides is 1. The van der Waals surface area contributed by atoms with Crippen molar-refractivity contribution in [1.82, 2.24) is 9.97 Å². The van der Waals surface area contributed by atoms with Gasteiger partial charge in [-0.1, -0.05) is 11.6 Å². The van der Waals surface area contributed by atoms with E-state index in [2.05, 4.69) is 14.7 Å². The SMILES string of the molecule is Cc1nc(Cl)ccc1NS(=O)(=O)c1c[nH]c(C(=O)O)c1. The molecule has 0 aliphatic carbocycles. The molecule has 106 valence electrons. The quantitative estimate of drug-likeness (QED) is 0.746. The number of carboxylic acid groups (broad SMARTS) is 1. The van der Waals surface area contributed by atoms with E-state index in [1.165, 1.54) is 12.1 Å². The average molecular weight is 316 g/mol. The fourth-order valence-corrected chi connectivity index (χ4v) is 2.80. The van der Waals surface area contributed by atoms with Crippen LogP contribution in [0.2, 0.25) is 5.15 Å². The third kappa shape index (κ3) is 2.91. The van der Waals surface area contributed by atoms with Crippen LogP contribution in [0.15, 0.2) is 29.3 Å². The highest BCUT2D eigenvalue weighted by atomic mass is 35.5. The van der Waals surface area contributed by atoms with Crippen LogP contribution in [-0.4, -0.2) is 29.5 Å². The summed E-state index contributed by atoms with van der Waals surface area (Å²) in [5.41, 5.74) is 0.471. The molecule has 0 aliphatic heterocycles. The summed E-state index contributed by atoms with van der Waals surface area (Å²) >= 11 is 5.68. The van der Waals surface area contributed by atoms with Crippen molar-refractivity contribution >= 4 is 33.3 Å². The monoisotopic (exact) mass is 315 g/mol. The van der Waals surface area contributed by atoms with Crippen LogP contribution in [0.25, 0.3) is 0 Å². The molecule has 0 unspecified atom stereocenters. The third-order valence-electron chi connectivity index (χ3n) is 2.49. The number of aromatic carboxylic acids is 1. The van der Waals surface area contributed by atoms with Gasteiger partial charge in [-0.15, -0.1) is 0 Å². The van der Waals surface area contributed by atoms with E-state index in [4.69, 9.17) is 16.7 Å². The minimum atomic E-state index is -3.89. The van der Waals surface area contributed by atoms with E-state index in [9.17, 15) is 13.2 Å². The fourth-order valence-electron chi connectivity index (χ4n) is 1.50. The summed E-state index contributed by atoms with van der Waals surface area (Å²) in [7, 11) is -3.89. The summed E-state index contributed by atoms with van der Waals surface area (Å²) in [4.78, 5) is 16.8. The molecule has 0 amide bonds. The highest BCUT2D eigenvalue weighted by Gasteiger charge is 2.19. The Balaban J connectivity index is 2.33. The number of halogens is 1. The number of hydrogen-bond acceptors (Lipinski definition) is 4. The molecule has 2 aromatic heterocycles. The van der Waals surface area contributed by atoms with Gasteiger partial charge in [0.2, 0.25) is 0 Å². The molecule has 3 N–H and O–H groups in total. The van der Waals surface area contributed by atoms with Crippen LogP contribution in [-0.2, 0) is 10.0 Å². The number of nitrogens with one attached hydrogen (secondary N) is 2. The Morgan fingerprint density at radius 1 is 1.45 bits per heavy atom. The highest BCUT2D eigenvalue weighted by molar-refractivity contribution is 7.92. The van der Waals surface area contributed by atoms with Gasteiger partial charge < -0.3 is 10.1 Å². The number of nitrogens with zero attached hydrogens (tertiary/aromatic N) is 1. The number of rotatable bonds is 4. The van der Waals surface area contributed by atoms with Crippen molar-refractivity contribution in [3.63, 3.8) is 0 Å². The summed E-state index contributed by atoms with van der Waals surface area (Å²) in [5, 5.41) is 9.01. The molecule has 0 bridgehead atoms. The smallest absolute Gasteiger partial charge is 0.352 e. The first-order chi connectivity index (χ1) is 9.29. The minimum absolute atomic E-state index is 0.177. The molecular weight excluding hydrogens is 306 g/mol.